The molecular weight excluding hydrogens is 249 g/mol. The summed E-state index contributed by atoms with van der Waals surface area (Å²) >= 11 is 11.7. The zero-order chi connectivity index (χ0) is 12.3. The van der Waals surface area contributed by atoms with Gasteiger partial charge < -0.3 is 5.11 Å². The monoisotopic (exact) mass is 261 g/mol. The van der Waals surface area contributed by atoms with Gasteiger partial charge in [0.1, 0.15) is 0 Å². The van der Waals surface area contributed by atoms with Crippen molar-refractivity contribution in [2.45, 2.75) is 19.4 Å². The standard InChI is InChI=1S/C11H13Cl2NO2/c1-11(2,14-6-10(15)16)7-3-4-8(12)9(13)5-7/h3-5,14H,6H2,1-2H3,(H,15,16). The van der Waals surface area contributed by atoms with Gasteiger partial charge in [0, 0.05) is 5.54 Å². The Kier molecular flexibility index (Phi) is 4.19. The molecule has 0 aliphatic rings. The Hall–Kier alpha value is -0.770. The average Bonchev–Trinajstić information content (AvgIpc) is 2.19. The number of benzene rings is 1. The number of hydrogen-bond donors (Lipinski definition) is 2. The molecular formula is C11H13Cl2NO2. The molecule has 0 aliphatic carbocycles. The van der Waals surface area contributed by atoms with E-state index in [0.717, 1.165) is 5.56 Å². The molecule has 1 rings (SSSR count). The zero-order valence-electron chi connectivity index (χ0n) is 9.05. The summed E-state index contributed by atoms with van der Waals surface area (Å²) in [5.41, 5.74) is 0.426. The Morgan fingerprint density at radius 1 is 1.38 bits per heavy atom. The van der Waals surface area contributed by atoms with Crippen molar-refractivity contribution < 1.29 is 9.90 Å². The van der Waals surface area contributed by atoms with Crippen LogP contribution >= 0.6 is 23.2 Å². The molecule has 2 N–H and O–H groups in total. The molecule has 0 bridgehead atoms. The van der Waals surface area contributed by atoms with E-state index < -0.39 is 11.5 Å². The quantitative estimate of drug-likeness (QED) is 0.877. The van der Waals surface area contributed by atoms with E-state index >= 15 is 0 Å². The smallest absolute Gasteiger partial charge is 0.317 e. The number of halogens is 2. The Bertz CT molecular complexity index is 405. The summed E-state index contributed by atoms with van der Waals surface area (Å²) in [5, 5.41) is 12.5. The summed E-state index contributed by atoms with van der Waals surface area (Å²) in [7, 11) is 0. The number of aliphatic carboxylic acids is 1. The summed E-state index contributed by atoms with van der Waals surface area (Å²) < 4.78 is 0. The molecule has 1 aromatic rings. The number of carboxylic acid groups (broad SMARTS) is 1. The molecule has 0 aromatic heterocycles. The topological polar surface area (TPSA) is 49.3 Å². The lowest BCUT2D eigenvalue weighted by atomic mass is 9.94. The van der Waals surface area contributed by atoms with Crippen LogP contribution in [-0.2, 0) is 10.3 Å². The van der Waals surface area contributed by atoms with E-state index in [4.69, 9.17) is 28.3 Å². The molecule has 0 heterocycles. The van der Waals surface area contributed by atoms with E-state index in [1.165, 1.54) is 0 Å². The van der Waals surface area contributed by atoms with Gasteiger partial charge in [-0.1, -0.05) is 29.3 Å². The minimum Gasteiger partial charge on any atom is -0.480 e. The maximum atomic E-state index is 10.5. The van der Waals surface area contributed by atoms with Gasteiger partial charge in [0.25, 0.3) is 0 Å². The van der Waals surface area contributed by atoms with Crippen LogP contribution in [0, 0.1) is 0 Å². The maximum absolute atomic E-state index is 10.5. The zero-order valence-corrected chi connectivity index (χ0v) is 10.6. The lowest BCUT2D eigenvalue weighted by molar-refractivity contribution is -0.136. The highest BCUT2D eigenvalue weighted by atomic mass is 35.5. The molecule has 0 unspecified atom stereocenters. The van der Waals surface area contributed by atoms with Crippen LogP contribution in [0.5, 0.6) is 0 Å². The van der Waals surface area contributed by atoms with Gasteiger partial charge in [-0.05, 0) is 31.5 Å². The molecule has 0 fully saturated rings. The fourth-order valence-electron chi connectivity index (χ4n) is 1.28. The Morgan fingerprint density at radius 3 is 2.50 bits per heavy atom. The van der Waals surface area contributed by atoms with Crippen molar-refractivity contribution in [1.82, 2.24) is 5.32 Å². The lowest BCUT2D eigenvalue weighted by Crippen LogP contribution is -2.39. The normalized spacial score (nSPS) is 11.5. The summed E-state index contributed by atoms with van der Waals surface area (Å²) in [4.78, 5) is 10.5. The van der Waals surface area contributed by atoms with E-state index in [-0.39, 0.29) is 6.54 Å². The van der Waals surface area contributed by atoms with Gasteiger partial charge in [-0.2, -0.15) is 0 Å². The Balaban J connectivity index is 2.88. The highest BCUT2D eigenvalue weighted by Crippen LogP contribution is 2.28. The van der Waals surface area contributed by atoms with E-state index in [2.05, 4.69) is 5.32 Å². The molecule has 0 radical (unpaired) electrons. The third kappa shape index (κ3) is 3.37. The first-order valence-corrected chi connectivity index (χ1v) is 5.51. The molecule has 0 spiro atoms. The molecule has 5 heteroatoms. The van der Waals surface area contributed by atoms with Crippen LogP contribution in [0.1, 0.15) is 19.4 Å². The molecule has 0 amide bonds. The largest absolute Gasteiger partial charge is 0.480 e. The minimum atomic E-state index is -0.895. The van der Waals surface area contributed by atoms with Crippen LogP contribution in [0.15, 0.2) is 18.2 Å². The maximum Gasteiger partial charge on any atom is 0.317 e. The molecule has 0 saturated carbocycles. The highest BCUT2D eigenvalue weighted by molar-refractivity contribution is 6.42. The first-order valence-electron chi connectivity index (χ1n) is 4.75. The van der Waals surface area contributed by atoms with Crippen molar-refractivity contribution in [3.63, 3.8) is 0 Å². The molecule has 3 nitrogen and oxygen atoms in total. The fraction of sp³-hybridized carbons (Fsp3) is 0.364. The Labute approximate surface area is 104 Å². The second-order valence-corrected chi connectivity index (χ2v) is 4.82. The second-order valence-electron chi connectivity index (χ2n) is 4.00. The summed E-state index contributed by atoms with van der Waals surface area (Å²) in [5.74, 6) is -0.895. The summed E-state index contributed by atoms with van der Waals surface area (Å²) in [6.45, 7) is 3.66. The second kappa shape index (κ2) is 5.04. The highest BCUT2D eigenvalue weighted by Gasteiger charge is 2.21. The summed E-state index contributed by atoms with van der Waals surface area (Å²) in [6, 6.07) is 5.26. The first kappa shape index (κ1) is 13.3. The number of rotatable bonds is 4. The lowest BCUT2D eigenvalue weighted by Gasteiger charge is -2.26. The van der Waals surface area contributed by atoms with Gasteiger partial charge >= 0.3 is 5.97 Å². The van der Waals surface area contributed by atoms with E-state index in [1.54, 1.807) is 12.1 Å². The van der Waals surface area contributed by atoms with Crippen molar-refractivity contribution in [2.75, 3.05) is 6.54 Å². The van der Waals surface area contributed by atoms with E-state index in [1.807, 2.05) is 19.9 Å². The van der Waals surface area contributed by atoms with Crippen molar-refractivity contribution in [2.24, 2.45) is 0 Å². The predicted octanol–water partition coefficient (Wildman–Crippen LogP) is 2.90. The Morgan fingerprint density at radius 2 is 2.00 bits per heavy atom. The van der Waals surface area contributed by atoms with Crippen LogP contribution < -0.4 is 5.32 Å². The van der Waals surface area contributed by atoms with Crippen LogP contribution in [0.2, 0.25) is 10.0 Å². The van der Waals surface area contributed by atoms with Crippen molar-refractivity contribution in [1.29, 1.82) is 0 Å². The number of hydrogen-bond acceptors (Lipinski definition) is 2. The number of carbonyl (C=O) groups is 1. The number of nitrogens with one attached hydrogen (secondary N) is 1. The first-order chi connectivity index (χ1) is 7.33. The van der Waals surface area contributed by atoms with Crippen LogP contribution in [0.4, 0.5) is 0 Å². The van der Waals surface area contributed by atoms with Gasteiger partial charge in [0.2, 0.25) is 0 Å². The molecule has 16 heavy (non-hydrogen) atoms. The van der Waals surface area contributed by atoms with Crippen molar-refractivity contribution in [3.05, 3.63) is 33.8 Å². The SMILES string of the molecule is CC(C)(NCC(=O)O)c1ccc(Cl)c(Cl)c1. The van der Waals surface area contributed by atoms with E-state index in [0.29, 0.717) is 10.0 Å². The molecule has 88 valence electrons. The third-order valence-corrected chi connectivity index (χ3v) is 3.06. The minimum absolute atomic E-state index is 0.104. The molecule has 0 atom stereocenters. The van der Waals surface area contributed by atoms with Gasteiger partial charge in [0.05, 0.1) is 16.6 Å². The molecule has 1 aromatic carbocycles. The molecule has 0 saturated heterocycles. The van der Waals surface area contributed by atoms with Crippen LogP contribution in [0.3, 0.4) is 0 Å². The summed E-state index contributed by atoms with van der Waals surface area (Å²) in [6.07, 6.45) is 0. The molecule has 0 aliphatic heterocycles. The average molecular weight is 262 g/mol. The van der Waals surface area contributed by atoms with Crippen molar-refractivity contribution in [3.8, 4) is 0 Å². The van der Waals surface area contributed by atoms with Crippen LogP contribution in [-0.4, -0.2) is 17.6 Å². The van der Waals surface area contributed by atoms with Gasteiger partial charge in [0.15, 0.2) is 0 Å². The predicted molar refractivity (Wildman–Crippen MR) is 65.1 cm³/mol. The van der Waals surface area contributed by atoms with E-state index in [9.17, 15) is 4.79 Å². The fourth-order valence-corrected chi connectivity index (χ4v) is 1.58. The number of carboxylic acids is 1. The van der Waals surface area contributed by atoms with Gasteiger partial charge in [-0.15, -0.1) is 0 Å². The third-order valence-electron chi connectivity index (χ3n) is 2.32. The van der Waals surface area contributed by atoms with Gasteiger partial charge in [-0.25, -0.2) is 0 Å². The van der Waals surface area contributed by atoms with Crippen molar-refractivity contribution >= 4 is 29.2 Å². The van der Waals surface area contributed by atoms with Crippen LogP contribution in [0.25, 0.3) is 0 Å². The van der Waals surface area contributed by atoms with Gasteiger partial charge in [-0.3, -0.25) is 10.1 Å².